The number of benzene rings is 2. The number of nitrogens with one attached hydrogen (secondary N) is 1. The Morgan fingerprint density at radius 2 is 1.96 bits per heavy atom. The highest BCUT2D eigenvalue weighted by molar-refractivity contribution is 6.33. The Labute approximate surface area is 152 Å². The molecule has 2 aromatic carbocycles. The minimum absolute atomic E-state index is 0.0144. The van der Waals surface area contributed by atoms with E-state index in [1.165, 1.54) is 6.92 Å². The predicted octanol–water partition coefficient (Wildman–Crippen LogP) is 3.67. The first-order chi connectivity index (χ1) is 12.0. The van der Waals surface area contributed by atoms with Crippen molar-refractivity contribution in [2.75, 3.05) is 13.1 Å². The second-order valence-electron chi connectivity index (χ2n) is 6.45. The van der Waals surface area contributed by atoms with Crippen molar-refractivity contribution in [2.45, 2.75) is 26.3 Å². The Morgan fingerprint density at radius 1 is 1.20 bits per heavy atom. The second kappa shape index (κ2) is 7.28. The predicted molar refractivity (Wildman–Crippen MR) is 99.8 cm³/mol. The van der Waals surface area contributed by atoms with Gasteiger partial charge < -0.3 is 10.2 Å². The molecule has 4 nitrogen and oxygen atoms in total. The van der Waals surface area contributed by atoms with E-state index in [0.29, 0.717) is 23.7 Å². The summed E-state index contributed by atoms with van der Waals surface area (Å²) in [7, 11) is 0. The van der Waals surface area contributed by atoms with Gasteiger partial charge in [0, 0.05) is 42.2 Å². The molecular formula is C20H21ClN2O2. The Morgan fingerprint density at radius 3 is 2.68 bits per heavy atom. The highest BCUT2D eigenvalue weighted by atomic mass is 35.5. The molecule has 2 aromatic rings. The van der Waals surface area contributed by atoms with Gasteiger partial charge in [-0.15, -0.1) is 0 Å². The van der Waals surface area contributed by atoms with Crippen LogP contribution in [0.1, 0.15) is 29.3 Å². The summed E-state index contributed by atoms with van der Waals surface area (Å²) in [6.45, 7) is 4.71. The maximum atomic E-state index is 12.8. The molecule has 0 saturated carbocycles. The summed E-state index contributed by atoms with van der Waals surface area (Å²) < 4.78 is 0. The zero-order chi connectivity index (χ0) is 18.0. The smallest absolute Gasteiger partial charge is 0.253 e. The fourth-order valence-corrected chi connectivity index (χ4v) is 3.67. The van der Waals surface area contributed by atoms with Gasteiger partial charge in [-0.3, -0.25) is 9.59 Å². The molecule has 0 aliphatic carbocycles. The van der Waals surface area contributed by atoms with Crippen LogP contribution in [0.25, 0.3) is 11.1 Å². The van der Waals surface area contributed by atoms with E-state index in [0.717, 1.165) is 23.1 Å². The van der Waals surface area contributed by atoms with Gasteiger partial charge in [-0.05, 0) is 42.7 Å². The molecule has 1 aliphatic heterocycles. The van der Waals surface area contributed by atoms with E-state index in [1.807, 2.05) is 49.4 Å². The van der Waals surface area contributed by atoms with E-state index in [2.05, 4.69) is 5.32 Å². The van der Waals surface area contributed by atoms with Crippen LogP contribution in [0.3, 0.4) is 0 Å². The lowest BCUT2D eigenvalue weighted by atomic mass is 9.98. The van der Waals surface area contributed by atoms with Crippen LogP contribution in [0.15, 0.2) is 42.5 Å². The molecule has 0 bridgehead atoms. The average Bonchev–Trinajstić information content (AvgIpc) is 3.02. The van der Waals surface area contributed by atoms with Gasteiger partial charge in [0.2, 0.25) is 5.91 Å². The Kier molecular flexibility index (Phi) is 5.09. The van der Waals surface area contributed by atoms with E-state index in [-0.39, 0.29) is 17.9 Å². The number of hydrogen-bond acceptors (Lipinski definition) is 2. The summed E-state index contributed by atoms with van der Waals surface area (Å²) in [6.07, 6.45) is 0.786. The van der Waals surface area contributed by atoms with Crippen molar-refractivity contribution in [3.63, 3.8) is 0 Å². The number of carbonyl (C=O) groups is 2. The van der Waals surface area contributed by atoms with Crippen LogP contribution in [0.2, 0.25) is 5.02 Å². The molecule has 130 valence electrons. The van der Waals surface area contributed by atoms with Gasteiger partial charge in [-0.1, -0.05) is 35.9 Å². The van der Waals surface area contributed by atoms with E-state index in [4.69, 9.17) is 11.6 Å². The zero-order valence-corrected chi connectivity index (χ0v) is 15.1. The highest BCUT2D eigenvalue weighted by Gasteiger charge is 2.27. The summed E-state index contributed by atoms with van der Waals surface area (Å²) in [4.78, 5) is 25.8. The lowest BCUT2D eigenvalue weighted by molar-refractivity contribution is -0.119. The topological polar surface area (TPSA) is 49.4 Å². The van der Waals surface area contributed by atoms with Gasteiger partial charge in [-0.25, -0.2) is 0 Å². The second-order valence-corrected chi connectivity index (χ2v) is 6.86. The first kappa shape index (κ1) is 17.5. The molecule has 1 atom stereocenters. The molecule has 25 heavy (non-hydrogen) atoms. The van der Waals surface area contributed by atoms with Crippen LogP contribution in [-0.4, -0.2) is 35.8 Å². The number of rotatable bonds is 3. The van der Waals surface area contributed by atoms with Gasteiger partial charge in [0.15, 0.2) is 0 Å². The first-order valence-corrected chi connectivity index (χ1v) is 8.75. The number of nitrogens with zero attached hydrogens (tertiary/aromatic N) is 1. The molecule has 1 fully saturated rings. The van der Waals surface area contributed by atoms with Gasteiger partial charge in [0.25, 0.3) is 5.91 Å². The molecule has 5 heteroatoms. The van der Waals surface area contributed by atoms with Gasteiger partial charge in [0.05, 0.1) is 0 Å². The highest BCUT2D eigenvalue weighted by Crippen LogP contribution is 2.31. The summed E-state index contributed by atoms with van der Waals surface area (Å²) in [5.74, 6) is -0.0742. The van der Waals surface area contributed by atoms with Crippen LogP contribution in [0.4, 0.5) is 0 Å². The molecule has 2 amide bonds. The van der Waals surface area contributed by atoms with E-state index >= 15 is 0 Å². The average molecular weight is 357 g/mol. The number of halogens is 1. The van der Waals surface area contributed by atoms with Crippen LogP contribution < -0.4 is 5.32 Å². The van der Waals surface area contributed by atoms with Crippen molar-refractivity contribution in [1.29, 1.82) is 0 Å². The molecule has 1 unspecified atom stereocenters. The molecule has 3 rings (SSSR count). The van der Waals surface area contributed by atoms with Crippen LogP contribution in [0, 0.1) is 6.92 Å². The van der Waals surface area contributed by atoms with Gasteiger partial charge >= 0.3 is 0 Å². The molecule has 1 heterocycles. The van der Waals surface area contributed by atoms with Crippen molar-refractivity contribution in [3.8, 4) is 11.1 Å². The zero-order valence-electron chi connectivity index (χ0n) is 14.4. The number of aryl methyl sites for hydroxylation is 1. The molecule has 1 aliphatic rings. The number of hydrogen-bond donors (Lipinski definition) is 1. The quantitative estimate of drug-likeness (QED) is 0.912. The summed E-state index contributed by atoms with van der Waals surface area (Å²) in [6, 6.07) is 13.4. The van der Waals surface area contributed by atoms with Gasteiger partial charge in [0.1, 0.15) is 0 Å². The minimum atomic E-state index is -0.0597. The van der Waals surface area contributed by atoms with Crippen LogP contribution in [0.5, 0.6) is 0 Å². The maximum absolute atomic E-state index is 12.8. The van der Waals surface area contributed by atoms with Crippen LogP contribution >= 0.6 is 11.6 Å². The third-order valence-corrected chi connectivity index (χ3v) is 4.82. The molecule has 0 radical (unpaired) electrons. The molecule has 1 saturated heterocycles. The summed E-state index contributed by atoms with van der Waals surface area (Å²) in [5.41, 5.74) is 3.60. The molecule has 0 aromatic heterocycles. The number of amides is 2. The Balaban J connectivity index is 1.82. The lowest BCUT2D eigenvalue weighted by Gasteiger charge is -2.18. The summed E-state index contributed by atoms with van der Waals surface area (Å²) >= 11 is 6.36. The van der Waals surface area contributed by atoms with Gasteiger partial charge in [-0.2, -0.15) is 0 Å². The largest absolute Gasteiger partial charge is 0.352 e. The fraction of sp³-hybridized carbons (Fsp3) is 0.300. The fourth-order valence-electron chi connectivity index (χ4n) is 3.34. The monoisotopic (exact) mass is 356 g/mol. The number of carbonyl (C=O) groups excluding carboxylic acids is 2. The van der Waals surface area contributed by atoms with Crippen molar-refractivity contribution in [1.82, 2.24) is 10.2 Å². The van der Waals surface area contributed by atoms with Crippen molar-refractivity contribution < 1.29 is 9.59 Å². The molecule has 0 spiro atoms. The van der Waals surface area contributed by atoms with Crippen molar-refractivity contribution >= 4 is 23.4 Å². The third kappa shape index (κ3) is 3.85. The lowest BCUT2D eigenvalue weighted by Crippen LogP contribution is -2.37. The Hall–Kier alpha value is -2.33. The standard InChI is InChI=1S/C20H21ClN2O2/c1-13-5-3-8-18(21)19(13)15-6-4-7-16(11-15)20(25)23-10-9-17(12-23)22-14(2)24/h3-8,11,17H,9-10,12H2,1-2H3,(H,22,24). The number of likely N-dealkylation sites (tertiary alicyclic amines) is 1. The third-order valence-electron chi connectivity index (χ3n) is 4.50. The minimum Gasteiger partial charge on any atom is -0.352 e. The van der Waals surface area contributed by atoms with E-state index in [1.54, 1.807) is 4.90 Å². The van der Waals surface area contributed by atoms with Crippen molar-refractivity contribution in [3.05, 3.63) is 58.6 Å². The first-order valence-electron chi connectivity index (χ1n) is 8.37. The normalized spacial score (nSPS) is 16.8. The van der Waals surface area contributed by atoms with Crippen LogP contribution in [-0.2, 0) is 4.79 Å². The van der Waals surface area contributed by atoms with Crippen molar-refractivity contribution in [2.24, 2.45) is 0 Å². The summed E-state index contributed by atoms with van der Waals surface area (Å²) in [5, 5.41) is 3.56. The Bertz CT molecular complexity index is 799. The van der Waals surface area contributed by atoms with E-state index in [9.17, 15) is 9.59 Å². The SMILES string of the molecule is CC(=O)NC1CCN(C(=O)c2cccc(-c3c(C)cccc3Cl)c2)C1. The molecule has 1 N–H and O–H groups in total. The molecular weight excluding hydrogens is 336 g/mol. The maximum Gasteiger partial charge on any atom is 0.253 e. The van der Waals surface area contributed by atoms with E-state index < -0.39 is 0 Å².